The van der Waals surface area contributed by atoms with E-state index in [-0.39, 0.29) is 11.3 Å². The van der Waals surface area contributed by atoms with Crippen LogP contribution in [0.5, 0.6) is 0 Å². The highest BCUT2D eigenvalue weighted by atomic mass is 16.5. The third kappa shape index (κ3) is 4.33. The molecule has 2 aliphatic heterocycles. The molecule has 2 fully saturated rings. The normalized spacial score (nSPS) is 25.4. The van der Waals surface area contributed by atoms with E-state index in [1.165, 1.54) is 12.8 Å². The van der Waals surface area contributed by atoms with Gasteiger partial charge in [-0.15, -0.1) is 0 Å². The van der Waals surface area contributed by atoms with Crippen molar-refractivity contribution in [1.29, 1.82) is 0 Å². The molecule has 2 saturated heterocycles. The van der Waals surface area contributed by atoms with Gasteiger partial charge in [0.05, 0.1) is 18.8 Å². The van der Waals surface area contributed by atoms with Crippen molar-refractivity contribution in [2.45, 2.75) is 39.2 Å². The molecular weight excluding hydrogens is 302 g/mol. The molecule has 0 aliphatic carbocycles. The Morgan fingerprint density at radius 2 is 2.21 bits per heavy atom. The lowest BCUT2D eigenvalue weighted by molar-refractivity contribution is -0.140. The van der Waals surface area contributed by atoms with Crippen LogP contribution in [0, 0.1) is 5.41 Å². The Morgan fingerprint density at radius 1 is 1.29 bits per heavy atom. The average Bonchev–Trinajstić information content (AvgIpc) is 2.60. The lowest BCUT2D eigenvalue weighted by Crippen LogP contribution is -2.54. The van der Waals surface area contributed by atoms with Gasteiger partial charge < -0.3 is 14.5 Å². The van der Waals surface area contributed by atoms with E-state index >= 15 is 0 Å². The molecule has 1 aromatic heterocycles. The standard InChI is InChI=1S/C19H29N3O2/c1-2-24-13-12-21-11-5-8-19(15-21)9-7-18(23)22(16-19)14-17-6-3-4-10-20-17/h3-4,6,10H,2,5,7-9,11-16H2,1H3. The number of aromatic nitrogens is 1. The molecule has 1 amide bonds. The average molecular weight is 331 g/mol. The minimum atomic E-state index is 0.257. The Hall–Kier alpha value is -1.46. The molecule has 1 spiro atoms. The summed E-state index contributed by atoms with van der Waals surface area (Å²) < 4.78 is 5.51. The number of rotatable bonds is 6. The fraction of sp³-hybridized carbons (Fsp3) is 0.684. The zero-order chi connectivity index (χ0) is 16.8. The first kappa shape index (κ1) is 17.4. The highest BCUT2D eigenvalue weighted by Gasteiger charge is 2.41. The lowest BCUT2D eigenvalue weighted by Gasteiger charge is -2.48. The van der Waals surface area contributed by atoms with E-state index in [0.29, 0.717) is 13.0 Å². The summed E-state index contributed by atoms with van der Waals surface area (Å²) in [5.74, 6) is 0.276. The van der Waals surface area contributed by atoms with Crippen molar-refractivity contribution >= 4 is 5.91 Å². The molecule has 132 valence electrons. The van der Waals surface area contributed by atoms with Gasteiger partial charge in [0, 0.05) is 44.3 Å². The van der Waals surface area contributed by atoms with Crippen LogP contribution < -0.4 is 0 Å². The first-order valence-electron chi connectivity index (χ1n) is 9.19. The van der Waals surface area contributed by atoms with E-state index in [2.05, 4.69) is 9.88 Å². The van der Waals surface area contributed by atoms with Gasteiger partial charge in [0.2, 0.25) is 5.91 Å². The fourth-order valence-electron chi connectivity index (χ4n) is 4.11. The highest BCUT2D eigenvalue weighted by molar-refractivity contribution is 5.77. The van der Waals surface area contributed by atoms with Crippen molar-refractivity contribution in [1.82, 2.24) is 14.8 Å². The van der Waals surface area contributed by atoms with Crippen molar-refractivity contribution in [2.24, 2.45) is 5.41 Å². The summed E-state index contributed by atoms with van der Waals surface area (Å²) in [5.41, 5.74) is 1.24. The maximum Gasteiger partial charge on any atom is 0.222 e. The second-order valence-corrected chi connectivity index (χ2v) is 7.15. The summed E-state index contributed by atoms with van der Waals surface area (Å²) in [6.45, 7) is 8.39. The van der Waals surface area contributed by atoms with Gasteiger partial charge in [0.25, 0.3) is 0 Å². The molecule has 3 heterocycles. The van der Waals surface area contributed by atoms with E-state index in [1.807, 2.05) is 30.0 Å². The van der Waals surface area contributed by atoms with Crippen LogP contribution in [0.2, 0.25) is 0 Å². The number of nitrogens with zero attached hydrogens (tertiary/aromatic N) is 3. The monoisotopic (exact) mass is 331 g/mol. The molecule has 1 aromatic rings. The minimum absolute atomic E-state index is 0.257. The molecule has 0 aromatic carbocycles. The number of piperidine rings is 2. The van der Waals surface area contributed by atoms with Gasteiger partial charge in [-0.05, 0) is 44.9 Å². The molecule has 3 rings (SSSR count). The Morgan fingerprint density at radius 3 is 3.00 bits per heavy atom. The summed E-state index contributed by atoms with van der Waals surface area (Å²) in [6.07, 6.45) is 5.94. The van der Waals surface area contributed by atoms with E-state index in [1.54, 1.807) is 6.20 Å². The van der Waals surface area contributed by atoms with Crippen LogP contribution in [0.3, 0.4) is 0 Å². The molecule has 24 heavy (non-hydrogen) atoms. The lowest BCUT2D eigenvalue weighted by atomic mass is 9.73. The quantitative estimate of drug-likeness (QED) is 0.751. The van der Waals surface area contributed by atoms with Gasteiger partial charge in [0.1, 0.15) is 0 Å². The Kier molecular flexibility index (Phi) is 5.85. The Labute approximate surface area is 145 Å². The van der Waals surface area contributed by atoms with E-state index in [4.69, 9.17) is 4.74 Å². The van der Waals surface area contributed by atoms with Crippen LogP contribution in [0.15, 0.2) is 24.4 Å². The number of carbonyl (C=O) groups excluding carboxylic acids is 1. The van der Waals surface area contributed by atoms with Crippen molar-refractivity contribution < 1.29 is 9.53 Å². The van der Waals surface area contributed by atoms with Gasteiger partial charge >= 0.3 is 0 Å². The van der Waals surface area contributed by atoms with Crippen LogP contribution in [-0.2, 0) is 16.1 Å². The Balaban J connectivity index is 1.61. The van der Waals surface area contributed by atoms with E-state index in [0.717, 1.165) is 51.5 Å². The molecule has 0 saturated carbocycles. The second-order valence-electron chi connectivity index (χ2n) is 7.15. The molecule has 1 atom stereocenters. The SMILES string of the molecule is CCOCCN1CCCC2(CCC(=O)N(Cc3ccccn3)C2)C1. The molecule has 0 N–H and O–H groups in total. The number of hydrogen-bond acceptors (Lipinski definition) is 4. The topological polar surface area (TPSA) is 45.7 Å². The zero-order valence-electron chi connectivity index (χ0n) is 14.7. The maximum atomic E-state index is 12.4. The van der Waals surface area contributed by atoms with Crippen LogP contribution in [0.1, 0.15) is 38.3 Å². The number of carbonyl (C=O) groups is 1. The van der Waals surface area contributed by atoms with Crippen LogP contribution in [-0.4, -0.2) is 60.1 Å². The smallest absolute Gasteiger partial charge is 0.222 e. The first-order chi connectivity index (χ1) is 11.7. The minimum Gasteiger partial charge on any atom is -0.380 e. The first-order valence-corrected chi connectivity index (χ1v) is 9.19. The number of pyridine rings is 1. The number of ether oxygens (including phenoxy) is 1. The van der Waals surface area contributed by atoms with E-state index < -0.39 is 0 Å². The predicted octanol–water partition coefficient (Wildman–Crippen LogP) is 2.32. The summed E-state index contributed by atoms with van der Waals surface area (Å²) >= 11 is 0. The molecule has 1 unspecified atom stereocenters. The van der Waals surface area contributed by atoms with Crippen LogP contribution >= 0.6 is 0 Å². The summed E-state index contributed by atoms with van der Waals surface area (Å²) in [6, 6.07) is 5.91. The van der Waals surface area contributed by atoms with Crippen molar-refractivity contribution in [3.63, 3.8) is 0 Å². The van der Waals surface area contributed by atoms with Crippen molar-refractivity contribution in [3.05, 3.63) is 30.1 Å². The predicted molar refractivity (Wildman–Crippen MR) is 93.5 cm³/mol. The maximum absolute atomic E-state index is 12.4. The van der Waals surface area contributed by atoms with Gasteiger partial charge in [-0.25, -0.2) is 0 Å². The summed E-state index contributed by atoms with van der Waals surface area (Å²) in [4.78, 5) is 21.3. The zero-order valence-corrected chi connectivity index (χ0v) is 14.7. The van der Waals surface area contributed by atoms with Crippen molar-refractivity contribution in [2.75, 3.05) is 39.4 Å². The molecule has 5 nitrogen and oxygen atoms in total. The third-order valence-electron chi connectivity index (χ3n) is 5.32. The van der Waals surface area contributed by atoms with Crippen LogP contribution in [0.25, 0.3) is 0 Å². The molecule has 0 radical (unpaired) electrons. The van der Waals surface area contributed by atoms with Gasteiger partial charge in [-0.2, -0.15) is 0 Å². The Bertz CT molecular complexity index is 537. The fourth-order valence-corrected chi connectivity index (χ4v) is 4.11. The van der Waals surface area contributed by atoms with Gasteiger partial charge in [-0.3, -0.25) is 9.78 Å². The van der Waals surface area contributed by atoms with E-state index in [9.17, 15) is 4.79 Å². The molecule has 5 heteroatoms. The highest BCUT2D eigenvalue weighted by Crippen LogP contribution is 2.39. The molecule has 2 aliphatic rings. The van der Waals surface area contributed by atoms with Gasteiger partial charge in [0.15, 0.2) is 0 Å². The number of hydrogen-bond donors (Lipinski definition) is 0. The van der Waals surface area contributed by atoms with Gasteiger partial charge in [-0.1, -0.05) is 6.07 Å². The largest absolute Gasteiger partial charge is 0.380 e. The molecular formula is C19H29N3O2. The summed E-state index contributed by atoms with van der Waals surface area (Å²) in [5, 5.41) is 0. The van der Waals surface area contributed by atoms with Crippen LogP contribution in [0.4, 0.5) is 0 Å². The third-order valence-corrected chi connectivity index (χ3v) is 5.32. The van der Waals surface area contributed by atoms with Crippen molar-refractivity contribution in [3.8, 4) is 0 Å². The summed E-state index contributed by atoms with van der Waals surface area (Å²) in [7, 11) is 0. The number of likely N-dealkylation sites (tertiary alicyclic amines) is 2. The second kappa shape index (κ2) is 8.08. The molecule has 0 bridgehead atoms. The number of amides is 1.